The van der Waals surface area contributed by atoms with E-state index in [1.54, 1.807) is 6.92 Å². The van der Waals surface area contributed by atoms with Gasteiger partial charge in [-0.1, -0.05) is 129 Å². The summed E-state index contributed by atoms with van der Waals surface area (Å²) in [5.41, 5.74) is 0. The van der Waals surface area contributed by atoms with Gasteiger partial charge in [0.2, 0.25) is 0 Å². The highest BCUT2D eigenvalue weighted by molar-refractivity contribution is 5.69. The van der Waals surface area contributed by atoms with Crippen LogP contribution in [0.4, 0.5) is 0 Å². The molecule has 4 nitrogen and oxygen atoms in total. The molecule has 0 aromatic carbocycles. The average Bonchev–Trinajstić information content (AvgIpc) is 2.79. The van der Waals surface area contributed by atoms with Crippen molar-refractivity contribution in [1.29, 1.82) is 0 Å². The molecule has 1 atom stereocenters. The summed E-state index contributed by atoms with van der Waals surface area (Å²) in [5, 5.41) is 9.18. The maximum Gasteiger partial charge on any atom is 0.305 e. The predicted molar refractivity (Wildman–Crippen MR) is 131 cm³/mol. The van der Waals surface area contributed by atoms with Crippen molar-refractivity contribution in [3.8, 4) is 0 Å². The summed E-state index contributed by atoms with van der Waals surface area (Å²) in [7, 11) is 0. The van der Waals surface area contributed by atoms with Crippen LogP contribution in [0.25, 0.3) is 0 Å². The van der Waals surface area contributed by atoms with Crippen LogP contribution in [0.2, 0.25) is 0 Å². The molecule has 0 saturated heterocycles. The van der Waals surface area contributed by atoms with E-state index < -0.39 is 6.10 Å². The fourth-order valence-corrected chi connectivity index (χ4v) is 3.89. The fraction of sp³-hybridized carbons (Fsp3) is 0.963. The molecule has 0 aliphatic heterocycles. The Morgan fingerprint density at radius 2 is 1.03 bits per heavy atom. The first-order chi connectivity index (χ1) is 15.2. The van der Waals surface area contributed by atoms with E-state index in [0.717, 1.165) is 6.42 Å². The molecule has 0 aliphatic carbocycles. The number of hydrogen-bond donors (Lipinski definition) is 1. The highest BCUT2D eigenvalue weighted by atomic mass is 16.6. The molecule has 0 aliphatic rings. The van der Waals surface area contributed by atoms with Gasteiger partial charge in [0.05, 0.1) is 13.2 Å². The van der Waals surface area contributed by atoms with Gasteiger partial charge >= 0.3 is 5.97 Å². The summed E-state index contributed by atoms with van der Waals surface area (Å²) >= 11 is 0. The predicted octanol–water partition coefficient (Wildman–Crippen LogP) is 7.75. The van der Waals surface area contributed by atoms with Gasteiger partial charge in [0.25, 0.3) is 0 Å². The number of ether oxygens (including phenoxy) is 2. The van der Waals surface area contributed by atoms with Gasteiger partial charge in [-0.25, -0.2) is 0 Å². The zero-order chi connectivity index (χ0) is 22.8. The summed E-state index contributed by atoms with van der Waals surface area (Å²) in [6, 6.07) is 0. The molecule has 0 spiro atoms. The molecular formula is C27H54O4. The van der Waals surface area contributed by atoms with Crippen molar-refractivity contribution in [3.63, 3.8) is 0 Å². The van der Waals surface area contributed by atoms with Gasteiger partial charge < -0.3 is 14.6 Å². The molecule has 1 N–H and O–H groups in total. The number of carbonyl (C=O) groups excluding carboxylic acids is 1. The standard InChI is InChI=1S/C27H54O4/c1-3-5-6-7-8-9-10-11-12-13-14-15-16-17-18-19-20-21-22-23-30-25-26(24-28)31-27(29)4-2/h26,28H,3-25H2,1-2H3. The molecule has 186 valence electrons. The van der Waals surface area contributed by atoms with E-state index in [-0.39, 0.29) is 12.6 Å². The molecule has 31 heavy (non-hydrogen) atoms. The van der Waals surface area contributed by atoms with Gasteiger partial charge in [-0.05, 0) is 6.42 Å². The van der Waals surface area contributed by atoms with Crippen molar-refractivity contribution in [3.05, 3.63) is 0 Å². The van der Waals surface area contributed by atoms with E-state index in [9.17, 15) is 9.90 Å². The first-order valence-electron chi connectivity index (χ1n) is 13.6. The van der Waals surface area contributed by atoms with Crippen molar-refractivity contribution in [2.75, 3.05) is 19.8 Å². The Morgan fingerprint density at radius 3 is 1.39 bits per heavy atom. The molecule has 0 fully saturated rings. The molecule has 0 aromatic rings. The van der Waals surface area contributed by atoms with Crippen LogP contribution in [0.5, 0.6) is 0 Å². The lowest BCUT2D eigenvalue weighted by Gasteiger charge is -2.15. The van der Waals surface area contributed by atoms with Crippen LogP contribution in [-0.4, -0.2) is 37.0 Å². The highest BCUT2D eigenvalue weighted by Crippen LogP contribution is 2.14. The van der Waals surface area contributed by atoms with Gasteiger partial charge in [0, 0.05) is 13.0 Å². The lowest BCUT2D eigenvalue weighted by molar-refractivity contribution is -0.154. The highest BCUT2D eigenvalue weighted by Gasteiger charge is 2.12. The summed E-state index contributed by atoms with van der Waals surface area (Å²) < 4.78 is 10.6. The molecule has 0 bridgehead atoms. The monoisotopic (exact) mass is 442 g/mol. The van der Waals surface area contributed by atoms with Crippen LogP contribution < -0.4 is 0 Å². The fourth-order valence-electron chi connectivity index (χ4n) is 3.89. The van der Waals surface area contributed by atoms with Crippen molar-refractivity contribution in [1.82, 2.24) is 0 Å². The largest absolute Gasteiger partial charge is 0.457 e. The van der Waals surface area contributed by atoms with E-state index in [1.165, 1.54) is 116 Å². The van der Waals surface area contributed by atoms with Crippen LogP contribution in [-0.2, 0) is 14.3 Å². The molecule has 0 rings (SSSR count). The second-order valence-corrected chi connectivity index (χ2v) is 9.09. The van der Waals surface area contributed by atoms with Crippen LogP contribution in [0.3, 0.4) is 0 Å². The van der Waals surface area contributed by atoms with Crippen molar-refractivity contribution >= 4 is 5.97 Å². The maximum absolute atomic E-state index is 11.2. The summed E-state index contributed by atoms with van der Waals surface area (Å²) in [6.07, 6.45) is 26.0. The van der Waals surface area contributed by atoms with Crippen molar-refractivity contribution in [2.45, 2.75) is 148 Å². The molecule has 0 saturated carbocycles. The lowest BCUT2D eigenvalue weighted by atomic mass is 10.0. The van der Waals surface area contributed by atoms with Gasteiger partial charge in [-0.2, -0.15) is 0 Å². The zero-order valence-electron chi connectivity index (χ0n) is 21.0. The third-order valence-corrected chi connectivity index (χ3v) is 5.99. The maximum atomic E-state index is 11.2. The second kappa shape index (κ2) is 25.6. The smallest absolute Gasteiger partial charge is 0.305 e. The lowest BCUT2D eigenvalue weighted by Crippen LogP contribution is -2.27. The third-order valence-electron chi connectivity index (χ3n) is 5.99. The molecule has 0 amide bonds. The number of esters is 1. The molecule has 0 heterocycles. The van der Waals surface area contributed by atoms with E-state index in [2.05, 4.69) is 6.92 Å². The molecule has 4 heteroatoms. The second-order valence-electron chi connectivity index (χ2n) is 9.09. The normalized spacial score (nSPS) is 12.2. The summed E-state index contributed by atoms with van der Waals surface area (Å²) in [4.78, 5) is 11.2. The Hall–Kier alpha value is -0.610. The zero-order valence-corrected chi connectivity index (χ0v) is 21.0. The number of hydrogen-bond acceptors (Lipinski definition) is 4. The number of aliphatic hydroxyl groups excluding tert-OH is 1. The molecule has 1 unspecified atom stereocenters. The van der Waals surface area contributed by atoms with E-state index in [1.807, 2.05) is 0 Å². The average molecular weight is 443 g/mol. The number of rotatable bonds is 25. The Kier molecular flexibility index (Phi) is 25.1. The first kappa shape index (κ1) is 30.4. The van der Waals surface area contributed by atoms with Gasteiger partial charge in [-0.3, -0.25) is 4.79 Å². The summed E-state index contributed by atoms with van der Waals surface area (Å²) in [5.74, 6) is -0.286. The van der Waals surface area contributed by atoms with Gasteiger partial charge in [-0.15, -0.1) is 0 Å². The SMILES string of the molecule is CCCCCCCCCCCCCCCCCCCCCOCC(CO)OC(=O)CC. The Morgan fingerprint density at radius 1 is 0.645 bits per heavy atom. The minimum Gasteiger partial charge on any atom is -0.457 e. The van der Waals surface area contributed by atoms with Crippen LogP contribution >= 0.6 is 0 Å². The Labute approximate surface area is 193 Å². The Bertz CT molecular complexity index is 359. The molecule has 0 radical (unpaired) electrons. The van der Waals surface area contributed by atoms with Gasteiger partial charge in [0.15, 0.2) is 0 Å². The van der Waals surface area contributed by atoms with E-state index in [0.29, 0.717) is 19.6 Å². The number of carbonyl (C=O) groups is 1. The number of aliphatic hydroxyl groups is 1. The molecule has 0 aromatic heterocycles. The van der Waals surface area contributed by atoms with Crippen LogP contribution in [0.15, 0.2) is 0 Å². The number of unbranched alkanes of at least 4 members (excludes halogenated alkanes) is 18. The van der Waals surface area contributed by atoms with Crippen LogP contribution in [0, 0.1) is 0 Å². The quantitative estimate of drug-likeness (QED) is 0.116. The van der Waals surface area contributed by atoms with E-state index >= 15 is 0 Å². The summed E-state index contributed by atoms with van der Waals surface area (Å²) in [6.45, 7) is 4.83. The van der Waals surface area contributed by atoms with E-state index in [4.69, 9.17) is 9.47 Å². The van der Waals surface area contributed by atoms with Crippen molar-refractivity contribution < 1.29 is 19.4 Å². The third kappa shape index (κ3) is 23.9. The van der Waals surface area contributed by atoms with Crippen LogP contribution in [0.1, 0.15) is 142 Å². The van der Waals surface area contributed by atoms with Gasteiger partial charge in [0.1, 0.15) is 6.10 Å². The Balaban J connectivity index is 3.16. The molecular weight excluding hydrogens is 388 g/mol. The topological polar surface area (TPSA) is 55.8 Å². The minimum atomic E-state index is -0.521. The minimum absolute atomic E-state index is 0.176. The van der Waals surface area contributed by atoms with Crippen molar-refractivity contribution in [2.24, 2.45) is 0 Å². The first-order valence-corrected chi connectivity index (χ1v) is 13.6.